The van der Waals surface area contributed by atoms with Gasteiger partial charge in [0, 0.05) is 95.1 Å². The third kappa shape index (κ3) is 9.22. The molecule has 0 saturated heterocycles. The van der Waals surface area contributed by atoms with Gasteiger partial charge in [-0.3, -0.25) is 53.3 Å². The Labute approximate surface area is 367 Å². The van der Waals surface area contributed by atoms with E-state index in [9.17, 15) is 79.2 Å². The van der Waals surface area contributed by atoms with Crippen molar-refractivity contribution in [2.75, 3.05) is 0 Å². The van der Waals surface area contributed by atoms with Crippen LogP contribution < -0.4 is 5.32 Å². The minimum Gasteiger partial charge on any atom is -0.481 e. The summed E-state index contributed by atoms with van der Waals surface area (Å²) < 4.78 is 0. The van der Waals surface area contributed by atoms with Crippen molar-refractivity contribution in [1.82, 2.24) is 5.32 Å². The van der Waals surface area contributed by atoms with E-state index in [1.807, 2.05) is 0 Å². The fourth-order valence-electron chi connectivity index (χ4n) is 11.2. The lowest BCUT2D eigenvalue weighted by Gasteiger charge is -2.47. The zero-order valence-electron chi connectivity index (χ0n) is 36.4. The van der Waals surface area contributed by atoms with Crippen molar-refractivity contribution < 1.29 is 79.2 Å². The smallest absolute Gasteiger partial charge is 0.307 e. The number of allylic oxidation sites excluding steroid dienone is 3. The molecule has 5 heterocycles. The van der Waals surface area contributed by atoms with Crippen LogP contribution in [0.3, 0.4) is 0 Å². The molecule has 0 aromatic heterocycles. The number of hydrogen-bond donors (Lipinski definition) is 9. The average molecular weight is 897 g/mol. The maximum atomic E-state index is 13.0. The maximum Gasteiger partial charge on any atom is 0.307 e. The SMILES string of the molecule is C[C@@]1(CC(=O)O)C2=CC3=N[C@@](C)(C4N=C(CC5=N[C@@](C)(CC(=C1CCC(=O)O)N2)C(CC(=O)O)=C5CCC(=O)O)[C@](C)(CCC(=O)O)[C@H]4CC(=O)O)[C@@](C)(CC(=O)O)[C@@H]3CCC(=O)O. The summed E-state index contributed by atoms with van der Waals surface area (Å²) in [5.41, 5.74) is -5.67. The van der Waals surface area contributed by atoms with E-state index in [4.69, 9.17) is 15.0 Å². The van der Waals surface area contributed by atoms with Crippen molar-refractivity contribution in [3.8, 4) is 0 Å². The Hall–Kier alpha value is -6.21. The predicted octanol–water partition coefficient (Wildman–Crippen LogP) is 4.68. The first-order chi connectivity index (χ1) is 29.6. The molecule has 0 amide bonds. The summed E-state index contributed by atoms with van der Waals surface area (Å²) in [6, 6.07) is -1.21. The third-order valence-electron chi connectivity index (χ3n) is 14.6. The number of nitrogens with zero attached hydrogens (tertiary/aromatic N) is 3. The van der Waals surface area contributed by atoms with Gasteiger partial charge in [0.05, 0.1) is 42.8 Å². The highest BCUT2D eigenvalue weighted by molar-refractivity contribution is 6.17. The van der Waals surface area contributed by atoms with Crippen molar-refractivity contribution >= 4 is 64.9 Å². The van der Waals surface area contributed by atoms with Gasteiger partial charge in [-0.05, 0) is 69.2 Å². The Balaban J connectivity index is 1.97. The van der Waals surface area contributed by atoms with E-state index in [1.165, 1.54) is 6.08 Å². The summed E-state index contributed by atoms with van der Waals surface area (Å²) in [5.74, 6) is -12.1. The van der Waals surface area contributed by atoms with Crippen LogP contribution in [0.25, 0.3) is 0 Å². The molecule has 0 aliphatic carbocycles. The second-order valence-electron chi connectivity index (χ2n) is 18.7. The lowest BCUT2D eigenvalue weighted by molar-refractivity contribution is -0.143. The average Bonchev–Trinajstić information content (AvgIpc) is 3.72. The molecule has 8 atom stereocenters. The first-order valence-electron chi connectivity index (χ1n) is 21.0. The Kier molecular flexibility index (Phi) is 13.5. The second-order valence-corrected chi connectivity index (χ2v) is 18.7. The highest BCUT2D eigenvalue weighted by atomic mass is 16.4. The van der Waals surface area contributed by atoms with Crippen LogP contribution in [-0.4, -0.2) is 123 Å². The molecule has 0 spiro atoms. The molecule has 8 bridgehead atoms. The normalized spacial score (nSPS) is 31.8. The number of rotatable bonds is 20. The van der Waals surface area contributed by atoms with Crippen LogP contribution in [0, 0.1) is 28.1 Å². The van der Waals surface area contributed by atoms with Gasteiger partial charge in [-0.15, -0.1) is 0 Å². The lowest BCUT2D eigenvalue weighted by Crippen LogP contribution is -2.55. The number of fused-ring (bicyclic) bond motifs is 6. The minimum absolute atomic E-state index is 0.152. The molecule has 0 saturated carbocycles. The minimum atomic E-state index is -1.68. The number of nitrogens with one attached hydrogen (secondary N) is 1. The topological polar surface area (TPSA) is 348 Å². The van der Waals surface area contributed by atoms with Crippen LogP contribution >= 0.6 is 0 Å². The molecule has 5 aliphatic rings. The van der Waals surface area contributed by atoms with Gasteiger partial charge < -0.3 is 46.2 Å². The summed E-state index contributed by atoms with van der Waals surface area (Å²) in [4.78, 5) is 115. The summed E-state index contributed by atoms with van der Waals surface area (Å²) >= 11 is 0. The first kappa shape index (κ1) is 48.8. The molecule has 5 aliphatic heterocycles. The fraction of sp³-hybridized carbons (Fsp3) is 0.614. The maximum absolute atomic E-state index is 13.0. The number of aliphatic carboxylic acids is 8. The van der Waals surface area contributed by atoms with Crippen LogP contribution in [0.2, 0.25) is 0 Å². The molecule has 20 heteroatoms. The van der Waals surface area contributed by atoms with Crippen LogP contribution in [-0.2, 0) is 38.4 Å². The fourth-order valence-corrected chi connectivity index (χ4v) is 11.2. The highest BCUT2D eigenvalue weighted by Crippen LogP contribution is 2.61. The molecule has 348 valence electrons. The van der Waals surface area contributed by atoms with Crippen molar-refractivity contribution in [2.24, 2.45) is 43.1 Å². The molecule has 9 N–H and O–H groups in total. The van der Waals surface area contributed by atoms with Crippen molar-refractivity contribution in [1.29, 1.82) is 0 Å². The van der Waals surface area contributed by atoms with Gasteiger partial charge in [-0.25, -0.2) is 0 Å². The molecule has 0 aromatic rings. The van der Waals surface area contributed by atoms with Crippen LogP contribution in [0.5, 0.6) is 0 Å². The zero-order chi connectivity index (χ0) is 47.9. The largest absolute Gasteiger partial charge is 0.481 e. The molecule has 64 heavy (non-hydrogen) atoms. The van der Waals surface area contributed by atoms with Gasteiger partial charge in [0.1, 0.15) is 0 Å². The van der Waals surface area contributed by atoms with E-state index >= 15 is 0 Å². The van der Waals surface area contributed by atoms with Gasteiger partial charge in [-0.2, -0.15) is 0 Å². The lowest BCUT2D eigenvalue weighted by atomic mass is 9.56. The summed E-state index contributed by atoms with van der Waals surface area (Å²) in [6.45, 7) is 8.06. The van der Waals surface area contributed by atoms with Crippen molar-refractivity contribution in [3.05, 3.63) is 34.2 Å². The molecule has 5 rings (SSSR count). The molecule has 1 unspecified atom stereocenters. The standard InChI is InChI=1S/C44H56N4O16/c1-40(13-12-34(55)56)25(15-36(59)60)39-44(5)42(3,20-38(63)64)23(8-11-33(53)54)27(48-44)17-30-41(2,19-37(61)62)22(7-10-32(51)52)28(45-30)18-43(4)24(14-35(57)58)21(6-9-31(49)50)26(47-43)16-29(40)46-39/h17,23,25,39,45H,6-16,18-20H2,1-5H3,(H,49,50)(H,51,52)(H,53,54)(H,55,56)(H,57,58)(H,59,60)(H,61,62)(H,63,64)/t23-,25+,39?,40-,41+,42+,43+,44+/m1/s1. The number of aliphatic imine (C=N–C) groups is 3. The van der Waals surface area contributed by atoms with Gasteiger partial charge in [0.15, 0.2) is 0 Å². The molecule has 0 aromatic carbocycles. The van der Waals surface area contributed by atoms with E-state index in [0.717, 1.165) is 0 Å². The Morgan fingerprint density at radius 2 is 1.28 bits per heavy atom. The van der Waals surface area contributed by atoms with Gasteiger partial charge in [0.25, 0.3) is 0 Å². The number of carboxylic acid groups (broad SMARTS) is 8. The molecule has 0 radical (unpaired) electrons. The summed E-state index contributed by atoms with van der Waals surface area (Å²) in [6.07, 6.45) is -3.91. The summed E-state index contributed by atoms with van der Waals surface area (Å²) in [7, 11) is 0. The van der Waals surface area contributed by atoms with Gasteiger partial charge >= 0.3 is 47.8 Å². The molecule has 20 nitrogen and oxygen atoms in total. The van der Waals surface area contributed by atoms with Gasteiger partial charge in [0.2, 0.25) is 0 Å². The molecular weight excluding hydrogens is 840 g/mol. The Bertz CT molecular complexity index is 2270. The van der Waals surface area contributed by atoms with Crippen molar-refractivity contribution in [3.63, 3.8) is 0 Å². The van der Waals surface area contributed by atoms with Crippen LogP contribution in [0.1, 0.15) is 125 Å². The van der Waals surface area contributed by atoms with E-state index in [1.54, 1.807) is 34.6 Å². The van der Waals surface area contributed by atoms with E-state index < -0.39 is 144 Å². The second kappa shape index (κ2) is 17.8. The molecule has 0 fully saturated rings. The molecular formula is C44H56N4O16. The Morgan fingerprint density at radius 3 is 1.83 bits per heavy atom. The van der Waals surface area contributed by atoms with Gasteiger partial charge in [-0.1, -0.05) is 13.8 Å². The third-order valence-corrected chi connectivity index (χ3v) is 14.6. The van der Waals surface area contributed by atoms with E-state index in [-0.39, 0.29) is 72.5 Å². The van der Waals surface area contributed by atoms with E-state index in [0.29, 0.717) is 11.3 Å². The first-order valence-corrected chi connectivity index (χ1v) is 21.0. The zero-order valence-corrected chi connectivity index (χ0v) is 36.4. The summed E-state index contributed by atoms with van der Waals surface area (Å²) in [5, 5.41) is 84.7. The monoisotopic (exact) mass is 896 g/mol. The number of carbonyl (C=O) groups is 8. The highest BCUT2D eigenvalue weighted by Gasteiger charge is 2.65. The van der Waals surface area contributed by atoms with E-state index in [2.05, 4.69) is 5.32 Å². The predicted molar refractivity (Wildman–Crippen MR) is 225 cm³/mol. The number of carboxylic acids is 8. The number of hydrogen-bond acceptors (Lipinski definition) is 12. The van der Waals surface area contributed by atoms with Crippen LogP contribution in [0.4, 0.5) is 0 Å². The quantitative estimate of drug-likeness (QED) is 0.0801. The van der Waals surface area contributed by atoms with Crippen LogP contribution in [0.15, 0.2) is 49.2 Å². The Morgan fingerprint density at radius 1 is 0.688 bits per heavy atom. The van der Waals surface area contributed by atoms with Crippen molar-refractivity contribution in [2.45, 2.75) is 142 Å².